The third-order valence-corrected chi connectivity index (χ3v) is 2.85. The average molecular weight is 249 g/mol. The van der Waals surface area contributed by atoms with E-state index in [1.807, 2.05) is 24.7 Å². The fourth-order valence-corrected chi connectivity index (χ4v) is 1.90. The summed E-state index contributed by atoms with van der Waals surface area (Å²) in [5.41, 5.74) is 8.55. The van der Waals surface area contributed by atoms with Crippen LogP contribution in [0.2, 0.25) is 0 Å². The number of thiazole rings is 1. The Morgan fingerprint density at radius 2 is 2.24 bits per heavy atom. The molecule has 0 spiro atoms. The van der Waals surface area contributed by atoms with Crippen molar-refractivity contribution in [2.24, 2.45) is 0 Å². The smallest absolute Gasteiger partial charge is 0.135 e. The van der Waals surface area contributed by atoms with Gasteiger partial charge in [0.15, 0.2) is 0 Å². The molecule has 0 aliphatic rings. The van der Waals surface area contributed by atoms with E-state index in [0.717, 1.165) is 17.3 Å². The van der Waals surface area contributed by atoms with Crippen LogP contribution in [0.5, 0.6) is 0 Å². The maximum Gasteiger partial charge on any atom is 0.135 e. The highest BCUT2D eigenvalue weighted by molar-refractivity contribution is 7.07. The van der Waals surface area contributed by atoms with E-state index in [4.69, 9.17) is 5.73 Å². The van der Waals surface area contributed by atoms with Crippen molar-refractivity contribution in [1.82, 2.24) is 15.0 Å². The molecule has 2 rings (SSSR count). The van der Waals surface area contributed by atoms with Gasteiger partial charge in [0.2, 0.25) is 0 Å². The molecule has 0 bridgehead atoms. The summed E-state index contributed by atoms with van der Waals surface area (Å²) in [5, 5.41) is 5.20. The number of rotatable bonds is 4. The van der Waals surface area contributed by atoms with Crippen molar-refractivity contribution >= 4 is 23.0 Å². The minimum absolute atomic E-state index is 0.262. The van der Waals surface area contributed by atoms with Crippen LogP contribution in [0, 0.1) is 0 Å². The lowest BCUT2D eigenvalue weighted by molar-refractivity contribution is 0.776. The standard InChI is InChI=1S/C11H15N5S/c1-7(2)11-15-9(12)3-10(16-11)13-4-8-5-17-6-14-8/h3,5-7H,4H2,1-2H3,(H3,12,13,15,16). The van der Waals surface area contributed by atoms with Gasteiger partial charge in [0, 0.05) is 17.4 Å². The average Bonchev–Trinajstić information content (AvgIpc) is 2.78. The Balaban J connectivity index is 2.10. The molecule has 2 aromatic rings. The van der Waals surface area contributed by atoms with Crippen LogP contribution in [-0.2, 0) is 6.54 Å². The van der Waals surface area contributed by atoms with Crippen LogP contribution in [0.4, 0.5) is 11.6 Å². The van der Waals surface area contributed by atoms with Crippen LogP contribution in [-0.4, -0.2) is 15.0 Å². The molecular weight excluding hydrogens is 234 g/mol. The van der Waals surface area contributed by atoms with Crippen molar-refractivity contribution in [3.63, 3.8) is 0 Å². The van der Waals surface area contributed by atoms with Gasteiger partial charge in [-0.2, -0.15) is 0 Å². The predicted octanol–water partition coefficient (Wildman–Crippen LogP) is 2.25. The summed E-state index contributed by atoms with van der Waals surface area (Å²) in [4.78, 5) is 12.8. The molecule has 0 atom stereocenters. The minimum Gasteiger partial charge on any atom is -0.384 e. The van der Waals surface area contributed by atoms with Crippen molar-refractivity contribution in [2.45, 2.75) is 26.3 Å². The second-order valence-corrected chi connectivity index (χ2v) is 4.74. The monoisotopic (exact) mass is 249 g/mol. The van der Waals surface area contributed by atoms with Crippen molar-refractivity contribution in [3.8, 4) is 0 Å². The first-order chi connectivity index (χ1) is 8.15. The number of nitrogen functional groups attached to an aromatic ring is 1. The molecule has 0 aromatic carbocycles. The van der Waals surface area contributed by atoms with Gasteiger partial charge in [-0.25, -0.2) is 15.0 Å². The number of anilines is 2. The van der Waals surface area contributed by atoms with Crippen LogP contribution in [0.15, 0.2) is 17.0 Å². The summed E-state index contributed by atoms with van der Waals surface area (Å²) in [5.74, 6) is 2.25. The highest BCUT2D eigenvalue weighted by Gasteiger charge is 2.06. The van der Waals surface area contributed by atoms with E-state index in [9.17, 15) is 0 Å². The fourth-order valence-electron chi connectivity index (χ4n) is 1.34. The van der Waals surface area contributed by atoms with Gasteiger partial charge < -0.3 is 11.1 Å². The van der Waals surface area contributed by atoms with Crippen LogP contribution in [0.3, 0.4) is 0 Å². The van der Waals surface area contributed by atoms with E-state index < -0.39 is 0 Å². The van der Waals surface area contributed by atoms with Gasteiger partial charge in [-0.1, -0.05) is 13.8 Å². The Bertz CT molecular complexity index is 481. The van der Waals surface area contributed by atoms with Gasteiger partial charge in [0.05, 0.1) is 17.7 Å². The molecule has 0 aliphatic heterocycles. The number of nitrogens with one attached hydrogen (secondary N) is 1. The molecule has 0 saturated heterocycles. The van der Waals surface area contributed by atoms with E-state index in [2.05, 4.69) is 20.3 Å². The molecule has 0 radical (unpaired) electrons. The molecule has 0 saturated carbocycles. The molecule has 2 heterocycles. The lowest BCUT2D eigenvalue weighted by Gasteiger charge is -2.09. The van der Waals surface area contributed by atoms with E-state index in [-0.39, 0.29) is 5.92 Å². The van der Waals surface area contributed by atoms with E-state index >= 15 is 0 Å². The molecule has 17 heavy (non-hydrogen) atoms. The number of hydrogen-bond donors (Lipinski definition) is 2. The zero-order chi connectivity index (χ0) is 12.3. The molecule has 6 heteroatoms. The summed E-state index contributed by atoms with van der Waals surface area (Å²) in [6.45, 7) is 4.73. The molecule has 5 nitrogen and oxygen atoms in total. The normalized spacial score (nSPS) is 10.8. The van der Waals surface area contributed by atoms with Crippen LogP contribution in [0.25, 0.3) is 0 Å². The number of nitrogens with two attached hydrogens (primary N) is 1. The molecule has 0 fully saturated rings. The van der Waals surface area contributed by atoms with Crippen LogP contribution >= 0.6 is 11.3 Å². The molecule has 2 aromatic heterocycles. The van der Waals surface area contributed by atoms with Crippen molar-refractivity contribution in [2.75, 3.05) is 11.1 Å². The van der Waals surface area contributed by atoms with Crippen molar-refractivity contribution in [1.29, 1.82) is 0 Å². The highest BCUT2D eigenvalue weighted by atomic mass is 32.1. The fraction of sp³-hybridized carbons (Fsp3) is 0.364. The summed E-state index contributed by atoms with van der Waals surface area (Å²) in [6.07, 6.45) is 0. The Morgan fingerprint density at radius 3 is 2.88 bits per heavy atom. The van der Waals surface area contributed by atoms with Gasteiger partial charge in [0.1, 0.15) is 17.5 Å². The molecule has 0 unspecified atom stereocenters. The lowest BCUT2D eigenvalue weighted by atomic mass is 10.2. The first-order valence-corrected chi connectivity index (χ1v) is 6.35. The molecule has 0 aliphatic carbocycles. The zero-order valence-electron chi connectivity index (χ0n) is 9.84. The van der Waals surface area contributed by atoms with Crippen molar-refractivity contribution in [3.05, 3.63) is 28.5 Å². The summed E-state index contributed by atoms with van der Waals surface area (Å²) >= 11 is 1.58. The maximum atomic E-state index is 5.74. The van der Waals surface area contributed by atoms with Gasteiger partial charge in [0.25, 0.3) is 0 Å². The van der Waals surface area contributed by atoms with Crippen LogP contribution < -0.4 is 11.1 Å². The number of hydrogen-bond acceptors (Lipinski definition) is 6. The lowest BCUT2D eigenvalue weighted by Crippen LogP contribution is -2.07. The van der Waals surface area contributed by atoms with Gasteiger partial charge in [-0.15, -0.1) is 11.3 Å². The van der Waals surface area contributed by atoms with E-state index in [1.54, 1.807) is 17.4 Å². The molecule has 90 valence electrons. The first-order valence-electron chi connectivity index (χ1n) is 5.40. The molecule has 0 amide bonds. The van der Waals surface area contributed by atoms with Crippen LogP contribution in [0.1, 0.15) is 31.3 Å². The molecule has 3 N–H and O–H groups in total. The van der Waals surface area contributed by atoms with Gasteiger partial charge in [-0.3, -0.25) is 0 Å². The second kappa shape index (κ2) is 5.09. The maximum absolute atomic E-state index is 5.74. The first kappa shape index (κ1) is 11.8. The summed E-state index contributed by atoms with van der Waals surface area (Å²) < 4.78 is 0. The SMILES string of the molecule is CC(C)c1nc(N)cc(NCc2cscn2)n1. The largest absolute Gasteiger partial charge is 0.384 e. The third-order valence-electron chi connectivity index (χ3n) is 2.21. The van der Waals surface area contributed by atoms with Crippen molar-refractivity contribution < 1.29 is 0 Å². The van der Waals surface area contributed by atoms with Gasteiger partial charge >= 0.3 is 0 Å². The Hall–Kier alpha value is -1.69. The minimum atomic E-state index is 0.262. The van der Waals surface area contributed by atoms with E-state index in [1.165, 1.54) is 0 Å². The Morgan fingerprint density at radius 1 is 1.41 bits per heavy atom. The Kier molecular flexibility index (Phi) is 3.53. The number of aromatic nitrogens is 3. The quantitative estimate of drug-likeness (QED) is 0.869. The molecular formula is C11H15N5S. The van der Waals surface area contributed by atoms with Gasteiger partial charge in [-0.05, 0) is 0 Å². The second-order valence-electron chi connectivity index (χ2n) is 4.02. The Labute approximate surface area is 104 Å². The topological polar surface area (TPSA) is 76.7 Å². The number of nitrogens with zero attached hydrogens (tertiary/aromatic N) is 3. The third kappa shape index (κ3) is 3.13. The predicted molar refractivity (Wildman–Crippen MR) is 70.0 cm³/mol. The van der Waals surface area contributed by atoms with E-state index in [0.29, 0.717) is 12.4 Å². The highest BCUT2D eigenvalue weighted by Crippen LogP contribution is 2.15. The zero-order valence-corrected chi connectivity index (χ0v) is 10.7. The summed E-state index contributed by atoms with van der Waals surface area (Å²) in [7, 11) is 0. The summed E-state index contributed by atoms with van der Waals surface area (Å²) in [6, 6.07) is 1.73.